The SMILES string of the molecule is COc1ccc(NC(=O)CN(C)S(=O)(=O)C2CC(C)CC3CNNC32)cc1Cl. The average Bonchev–Trinajstić information content (AvgIpc) is 3.09. The zero-order chi connectivity index (χ0) is 20.5. The largest absolute Gasteiger partial charge is 0.495 e. The van der Waals surface area contributed by atoms with Crippen molar-refractivity contribution in [3.05, 3.63) is 23.2 Å². The molecule has 0 spiro atoms. The Morgan fingerprint density at radius 1 is 1.39 bits per heavy atom. The van der Waals surface area contributed by atoms with Crippen LogP contribution in [0.5, 0.6) is 5.75 Å². The number of likely N-dealkylation sites (N-methyl/N-ethyl adjacent to an activating group) is 1. The highest BCUT2D eigenvalue weighted by molar-refractivity contribution is 7.89. The summed E-state index contributed by atoms with van der Waals surface area (Å²) in [5, 5.41) is 2.49. The van der Waals surface area contributed by atoms with Crippen molar-refractivity contribution in [3.8, 4) is 5.75 Å². The number of rotatable bonds is 6. The normalized spacial score (nSPS) is 27.5. The number of ether oxygens (including phenoxy) is 1. The average molecular weight is 431 g/mol. The van der Waals surface area contributed by atoms with E-state index in [0.29, 0.717) is 28.8 Å². The molecule has 3 rings (SSSR count). The van der Waals surface area contributed by atoms with Crippen molar-refractivity contribution >= 4 is 33.2 Å². The van der Waals surface area contributed by atoms with Crippen LogP contribution in [0.25, 0.3) is 0 Å². The first-order chi connectivity index (χ1) is 13.2. The first-order valence-electron chi connectivity index (χ1n) is 9.29. The highest BCUT2D eigenvalue weighted by Gasteiger charge is 2.46. The molecule has 0 aromatic heterocycles. The minimum absolute atomic E-state index is 0.132. The lowest BCUT2D eigenvalue weighted by Gasteiger charge is -2.37. The van der Waals surface area contributed by atoms with Gasteiger partial charge in [0.25, 0.3) is 0 Å². The van der Waals surface area contributed by atoms with Gasteiger partial charge in [-0.05, 0) is 42.9 Å². The number of nitrogens with one attached hydrogen (secondary N) is 3. The minimum atomic E-state index is -3.63. The minimum Gasteiger partial charge on any atom is -0.495 e. The number of benzene rings is 1. The van der Waals surface area contributed by atoms with E-state index < -0.39 is 21.2 Å². The van der Waals surface area contributed by atoms with Gasteiger partial charge in [-0.15, -0.1) is 0 Å². The van der Waals surface area contributed by atoms with Crippen LogP contribution in [0.3, 0.4) is 0 Å². The maximum atomic E-state index is 13.1. The Morgan fingerprint density at radius 3 is 2.82 bits per heavy atom. The van der Waals surface area contributed by atoms with Gasteiger partial charge in [0.05, 0.1) is 23.9 Å². The smallest absolute Gasteiger partial charge is 0.239 e. The Labute approximate surface area is 171 Å². The van der Waals surface area contributed by atoms with Crippen molar-refractivity contribution in [2.24, 2.45) is 11.8 Å². The quantitative estimate of drug-likeness (QED) is 0.631. The molecule has 4 atom stereocenters. The third-order valence-corrected chi connectivity index (χ3v) is 8.04. The van der Waals surface area contributed by atoms with Crippen molar-refractivity contribution < 1.29 is 17.9 Å². The highest BCUT2D eigenvalue weighted by Crippen LogP contribution is 2.35. The van der Waals surface area contributed by atoms with Gasteiger partial charge in [0.2, 0.25) is 15.9 Å². The number of amides is 1. The third-order valence-electron chi connectivity index (χ3n) is 5.50. The Kier molecular flexibility index (Phi) is 6.51. The molecule has 1 aromatic rings. The first-order valence-corrected chi connectivity index (χ1v) is 11.2. The molecule has 1 aliphatic heterocycles. The number of carbonyl (C=O) groups excluding carboxylic acids is 1. The summed E-state index contributed by atoms with van der Waals surface area (Å²) in [5.74, 6) is 0.682. The molecule has 0 bridgehead atoms. The van der Waals surface area contributed by atoms with E-state index in [9.17, 15) is 13.2 Å². The molecular weight excluding hydrogens is 404 g/mol. The molecule has 1 amide bonds. The molecule has 1 saturated carbocycles. The summed E-state index contributed by atoms with van der Waals surface area (Å²) < 4.78 is 32.5. The maximum Gasteiger partial charge on any atom is 0.239 e. The molecule has 4 unspecified atom stereocenters. The van der Waals surface area contributed by atoms with Gasteiger partial charge in [-0.1, -0.05) is 18.5 Å². The Hall–Kier alpha value is -1.39. The number of hydrogen-bond acceptors (Lipinski definition) is 6. The highest BCUT2D eigenvalue weighted by atomic mass is 35.5. The molecule has 1 saturated heterocycles. The van der Waals surface area contributed by atoms with Crippen LogP contribution < -0.4 is 20.9 Å². The van der Waals surface area contributed by atoms with E-state index in [0.717, 1.165) is 17.3 Å². The number of hydrogen-bond donors (Lipinski definition) is 3. The number of fused-ring (bicyclic) bond motifs is 1. The van der Waals surface area contributed by atoms with E-state index in [2.05, 4.69) is 23.1 Å². The molecule has 10 heteroatoms. The van der Waals surface area contributed by atoms with Crippen LogP contribution in [0.4, 0.5) is 5.69 Å². The summed E-state index contributed by atoms with van der Waals surface area (Å²) in [4.78, 5) is 12.4. The van der Waals surface area contributed by atoms with E-state index in [4.69, 9.17) is 16.3 Å². The zero-order valence-corrected chi connectivity index (χ0v) is 17.8. The van der Waals surface area contributed by atoms with Crippen LogP contribution in [-0.4, -0.2) is 57.2 Å². The fourth-order valence-corrected chi connectivity index (χ4v) is 6.36. The lowest BCUT2D eigenvalue weighted by Crippen LogP contribution is -2.53. The van der Waals surface area contributed by atoms with Crippen LogP contribution in [0, 0.1) is 11.8 Å². The Morgan fingerprint density at radius 2 is 2.14 bits per heavy atom. The monoisotopic (exact) mass is 430 g/mol. The van der Waals surface area contributed by atoms with Gasteiger partial charge >= 0.3 is 0 Å². The number of hydrazine groups is 1. The molecule has 1 aliphatic carbocycles. The van der Waals surface area contributed by atoms with E-state index >= 15 is 0 Å². The van der Waals surface area contributed by atoms with Gasteiger partial charge < -0.3 is 10.1 Å². The molecule has 8 nitrogen and oxygen atoms in total. The molecule has 2 aliphatic rings. The lowest BCUT2D eigenvalue weighted by atomic mass is 9.79. The summed E-state index contributed by atoms with van der Waals surface area (Å²) in [7, 11) is -0.676. The number of halogens is 1. The van der Waals surface area contributed by atoms with Crippen molar-refractivity contribution in [3.63, 3.8) is 0 Å². The van der Waals surface area contributed by atoms with Crippen LogP contribution in [0.2, 0.25) is 5.02 Å². The van der Waals surface area contributed by atoms with Gasteiger partial charge in [0, 0.05) is 25.3 Å². The molecule has 28 heavy (non-hydrogen) atoms. The van der Waals surface area contributed by atoms with Crippen molar-refractivity contribution in [2.75, 3.05) is 32.6 Å². The number of methoxy groups -OCH3 is 1. The Balaban J connectivity index is 1.66. The second-order valence-electron chi connectivity index (χ2n) is 7.62. The fraction of sp³-hybridized carbons (Fsp3) is 0.611. The summed E-state index contributed by atoms with van der Waals surface area (Å²) in [6.07, 6.45) is 1.58. The second kappa shape index (κ2) is 8.54. The predicted octanol–water partition coefficient (Wildman–Crippen LogP) is 1.44. The second-order valence-corrected chi connectivity index (χ2v) is 10.3. The molecule has 2 fully saturated rings. The van der Waals surface area contributed by atoms with Gasteiger partial charge in [0.1, 0.15) is 5.75 Å². The summed E-state index contributed by atoms with van der Waals surface area (Å²) in [5.41, 5.74) is 6.68. The molecule has 0 radical (unpaired) electrons. The van der Waals surface area contributed by atoms with E-state index in [1.807, 2.05) is 0 Å². The molecular formula is C18H27ClN4O4S. The summed E-state index contributed by atoms with van der Waals surface area (Å²) in [6, 6.07) is 4.72. The van der Waals surface area contributed by atoms with Gasteiger partial charge in [-0.25, -0.2) is 8.42 Å². The third kappa shape index (κ3) is 4.44. The van der Waals surface area contributed by atoms with Crippen LogP contribution >= 0.6 is 11.6 Å². The topological polar surface area (TPSA) is 99.8 Å². The standard InChI is InChI=1S/C18H27ClN4O4S/c1-11-6-12-9-20-22-18(12)16(7-11)28(25,26)23(2)10-17(24)21-13-4-5-15(27-3)14(19)8-13/h4-5,8,11-12,16,18,20,22H,6-7,9-10H2,1-3H3,(H,21,24). The maximum absolute atomic E-state index is 13.1. The Bertz CT molecular complexity index is 835. The fourth-order valence-electron chi connectivity index (χ4n) is 4.11. The van der Waals surface area contributed by atoms with Crippen molar-refractivity contribution in [1.29, 1.82) is 0 Å². The molecule has 156 valence electrons. The molecule has 3 N–H and O–H groups in total. The zero-order valence-electron chi connectivity index (χ0n) is 16.2. The van der Waals surface area contributed by atoms with Crippen molar-refractivity contribution in [2.45, 2.75) is 31.1 Å². The lowest BCUT2D eigenvalue weighted by molar-refractivity contribution is -0.116. The first kappa shape index (κ1) is 21.3. The van der Waals surface area contributed by atoms with E-state index in [1.54, 1.807) is 18.2 Å². The van der Waals surface area contributed by atoms with E-state index in [-0.39, 0.29) is 18.5 Å². The van der Waals surface area contributed by atoms with Crippen LogP contribution in [0.1, 0.15) is 19.8 Å². The molecule has 1 aromatic carbocycles. The van der Waals surface area contributed by atoms with Crippen LogP contribution in [0.15, 0.2) is 18.2 Å². The van der Waals surface area contributed by atoms with Crippen molar-refractivity contribution in [1.82, 2.24) is 15.2 Å². The van der Waals surface area contributed by atoms with Crippen LogP contribution in [-0.2, 0) is 14.8 Å². The summed E-state index contributed by atoms with van der Waals surface area (Å²) >= 11 is 6.06. The van der Waals surface area contributed by atoms with Gasteiger partial charge in [-0.3, -0.25) is 15.6 Å². The number of nitrogens with zero attached hydrogens (tertiary/aromatic N) is 1. The van der Waals surface area contributed by atoms with E-state index in [1.165, 1.54) is 14.2 Å². The number of anilines is 1. The van der Waals surface area contributed by atoms with Gasteiger partial charge in [0.15, 0.2) is 0 Å². The number of sulfonamides is 1. The molecule has 1 heterocycles. The van der Waals surface area contributed by atoms with Gasteiger partial charge in [-0.2, -0.15) is 4.31 Å². The number of carbonyl (C=O) groups is 1. The summed E-state index contributed by atoms with van der Waals surface area (Å²) in [6.45, 7) is 2.59. The predicted molar refractivity (Wildman–Crippen MR) is 109 cm³/mol.